The highest BCUT2D eigenvalue weighted by Crippen LogP contribution is 2.33. The molecule has 2 rings (SSSR count). The normalized spacial score (nSPS) is 23.6. The lowest BCUT2D eigenvalue weighted by molar-refractivity contribution is 0.0943. The van der Waals surface area contributed by atoms with Crippen LogP contribution in [0.5, 0.6) is 0 Å². The summed E-state index contributed by atoms with van der Waals surface area (Å²) in [5, 5.41) is 2.83. The highest BCUT2D eigenvalue weighted by Gasteiger charge is 2.36. The fourth-order valence-electron chi connectivity index (χ4n) is 1.65. The van der Waals surface area contributed by atoms with Crippen molar-refractivity contribution in [2.24, 2.45) is 5.92 Å². The summed E-state index contributed by atoms with van der Waals surface area (Å²) in [6.07, 6.45) is 2.10. The largest absolute Gasteiger partial charge is 0.348 e. The van der Waals surface area contributed by atoms with Crippen LogP contribution in [0.2, 0.25) is 0 Å². The van der Waals surface area contributed by atoms with E-state index in [0.717, 1.165) is 12.8 Å². The van der Waals surface area contributed by atoms with Crippen molar-refractivity contribution in [3.05, 3.63) is 29.8 Å². The first-order chi connectivity index (χ1) is 7.20. The van der Waals surface area contributed by atoms with Crippen LogP contribution in [-0.4, -0.2) is 16.9 Å². The molecule has 1 aromatic heterocycles. The van der Waals surface area contributed by atoms with Gasteiger partial charge >= 0.3 is 0 Å². The molecular weight excluding hydrogens is 195 g/mol. The number of hydrogen-bond donors (Lipinski definition) is 1. The number of aromatic nitrogens is 1. The lowest BCUT2D eigenvalue weighted by atomic mass is 10.3. The molecule has 1 aliphatic carbocycles. The Morgan fingerprint density at radius 3 is 3.07 bits per heavy atom. The zero-order chi connectivity index (χ0) is 10.8. The fraction of sp³-hybridized carbons (Fsp3) is 0.455. The van der Waals surface area contributed by atoms with Gasteiger partial charge in [-0.3, -0.25) is 4.79 Å². The minimum Gasteiger partial charge on any atom is -0.348 e. The van der Waals surface area contributed by atoms with E-state index >= 15 is 0 Å². The first-order valence-electron chi connectivity index (χ1n) is 5.14. The SMILES string of the molecule is CCC1CC1NC(=O)c1cccc(F)n1. The summed E-state index contributed by atoms with van der Waals surface area (Å²) in [7, 11) is 0. The van der Waals surface area contributed by atoms with Crippen molar-refractivity contribution in [2.45, 2.75) is 25.8 Å². The summed E-state index contributed by atoms with van der Waals surface area (Å²) in [4.78, 5) is 15.1. The molecule has 1 heterocycles. The number of nitrogens with one attached hydrogen (secondary N) is 1. The third kappa shape index (κ3) is 2.32. The Morgan fingerprint density at radius 1 is 1.67 bits per heavy atom. The van der Waals surface area contributed by atoms with Crippen LogP contribution in [0.1, 0.15) is 30.3 Å². The predicted octanol–water partition coefficient (Wildman–Crippen LogP) is 1.75. The van der Waals surface area contributed by atoms with Crippen molar-refractivity contribution < 1.29 is 9.18 Å². The van der Waals surface area contributed by atoms with E-state index in [2.05, 4.69) is 17.2 Å². The van der Waals surface area contributed by atoms with Crippen molar-refractivity contribution in [3.8, 4) is 0 Å². The number of nitrogens with zero attached hydrogens (tertiary/aromatic N) is 1. The molecule has 1 aromatic rings. The van der Waals surface area contributed by atoms with E-state index in [0.29, 0.717) is 5.92 Å². The average Bonchev–Trinajstić information content (AvgIpc) is 2.96. The molecule has 4 heteroatoms. The number of halogens is 1. The van der Waals surface area contributed by atoms with Crippen LogP contribution in [0, 0.1) is 11.9 Å². The van der Waals surface area contributed by atoms with Crippen molar-refractivity contribution in [1.82, 2.24) is 10.3 Å². The van der Waals surface area contributed by atoms with Gasteiger partial charge in [0.2, 0.25) is 5.95 Å². The maximum atomic E-state index is 12.7. The van der Waals surface area contributed by atoms with Crippen LogP contribution in [0.25, 0.3) is 0 Å². The molecule has 0 spiro atoms. The van der Waals surface area contributed by atoms with E-state index in [1.54, 1.807) is 0 Å². The van der Waals surface area contributed by atoms with Gasteiger partial charge < -0.3 is 5.32 Å². The van der Waals surface area contributed by atoms with Crippen LogP contribution in [0.15, 0.2) is 18.2 Å². The molecule has 2 unspecified atom stereocenters. The summed E-state index contributed by atoms with van der Waals surface area (Å²) in [6, 6.07) is 4.49. The zero-order valence-corrected chi connectivity index (χ0v) is 8.53. The predicted molar refractivity (Wildman–Crippen MR) is 53.8 cm³/mol. The molecule has 2 atom stereocenters. The molecule has 3 nitrogen and oxygen atoms in total. The van der Waals surface area contributed by atoms with Crippen LogP contribution in [0.4, 0.5) is 4.39 Å². The number of amides is 1. The Morgan fingerprint density at radius 2 is 2.47 bits per heavy atom. The Bertz CT molecular complexity index is 381. The Balaban J connectivity index is 1.97. The zero-order valence-electron chi connectivity index (χ0n) is 8.53. The van der Waals surface area contributed by atoms with E-state index in [1.807, 2.05) is 0 Å². The Hall–Kier alpha value is -1.45. The third-order valence-corrected chi connectivity index (χ3v) is 2.71. The summed E-state index contributed by atoms with van der Waals surface area (Å²) >= 11 is 0. The van der Waals surface area contributed by atoms with Gasteiger partial charge in [0.25, 0.3) is 5.91 Å². The van der Waals surface area contributed by atoms with Gasteiger partial charge in [0.15, 0.2) is 0 Å². The molecule has 1 N–H and O–H groups in total. The van der Waals surface area contributed by atoms with Gasteiger partial charge in [0.05, 0.1) is 0 Å². The molecule has 0 saturated heterocycles. The highest BCUT2D eigenvalue weighted by atomic mass is 19.1. The summed E-state index contributed by atoms with van der Waals surface area (Å²) in [5.41, 5.74) is 0.150. The Kier molecular flexibility index (Phi) is 2.66. The molecule has 15 heavy (non-hydrogen) atoms. The minimum atomic E-state index is -0.620. The van der Waals surface area contributed by atoms with Gasteiger partial charge in [-0.05, 0) is 24.5 Å². The van der Waals surface area contributed by atoms with E-state index < -0.39 is 5.95 Å². The minimum absolute atomic E-state index is 0.150. The van der Waals surface area contributed by atoms with Crippen molar-refractivity contribution in [3.63, 3.8) is 0 Å². The fourth-order valence-corrected chi connectivity index (χ4v) is 1.65. The molecule has 80 valence electrons. The van der Waals surface area contributed by atoms with Gasteiger partial charge in [0, 0.05) is 6.04 Å². The first-order valence-corrected chi connectivity index (χ1v) is 5.14. The van der Waals surface area contributed by atoms with Crippen LogP contribution in [0.3, 0.4) is 0 Å². The lowest BCUT2D eigenvalue weighted by Crippen LogP contribution is -2.27. The van der Waals surface area contributed by atoms with Gasteiger partial charge in [-0.15, -0.1) is 0 Å². The number of carbonyl (C=O) groups is 1. The summed E-state index contributed by atoms with van der Waals surface area (Å²) < 4.78 is 12.7. The van der Waals surface area contributed by atoms with E-state index in [9.17, 15) is 9.18 Å². The monoisotopic (exact) mass is 208 g/mol. The second kappa shape index (κ2) is 3.96. The van der Waals surface area contributed by atoms with Gasteiger partial charge in [-0.2, -0.15) is 4.39 Å². The topological polar surface area (TPSA) is 42.0 Å². The van der Waals surface area contributed by atoms with Gasteiger partial charge in [-0.25, -0.2) is 4.98 Å². The van der Waals surface area contributed by atoms with Crippen molar-refractivity contribution >= 4 is 5.91 Å². The highest BCUT2D eigenvalue weighted by molar-refractivity contribution is 5.92. The second-order valence-electron chi connectivity index (χ2n) is 3.83. The molecule has 0 bridgehead atoms. The van der Waals surface area contributed by atoms with E-state index in [4.69, 9.17) is 0 Å². The number of rotatable bonds is 3. The van der Waals surface area contributed by atoms with Crippen molar-refractivity contribution in [1.29, 1.82) is 0 Å². The lowest BCUT2D eigenvalue weighted by Gasteiger charge is -2.02. The molecular formula is C11H13FN2O. The smallest absolute Gasteiger partial charge is 0.270 e. The molecule has 1 amide bonds. The third-order valence-electron chi connectivity index (χ3n) is 2.71. The van der Waals surface area contributed by atoms with Gasteiger partial charge in [-0.1, -0.05) is 19.4 Å². The van der Waals surface area contributed by atoms with Crippen LogP contribution in [-0.2, 0) is 0 Å². The molecule has 0 aromatic carbocycles. The van der Waals surface area contributed by atoms with Crippen LogP contribution >= 0.6 is 0 Å². The van der Waals surface area contributed by atoms with Crippen molar-refractivity contribution in [2.75, 3.05) is 0 Å². The van der Waals surface area contributed by atoms with Gasteiger partial charge in [0.1, 0.15) is 5.69 Å². The standard InChI is InChI=1S/C11H13FN2O/c1-2-7-6-9(7)14-11(15)8-4-3-5-10(12)13-8/h3-5,7,9H,2,6H2,1H3,(H,14,15). The van der Waals surface area contributed by atoms with E-state index in [-0.39, 0.29) is 17.6 Å². The molecule has 1 aliphatic rings. The Labute approximate surface area is 87.7 Å². The maximum Gasteiger partial charge on any atom is 0.270 e. The number of pyridine rings is 1. The molecule has 0 radical (unpaired) electrons. The van der Waals surface area contributed by atoms with Crippen LogP contribution < -0.4 is 5.32 Å². The summed E-state index contributed by atoms with van der Waals surface area (Å²) in [5.74, 6) is -0.316. The molecule has 0 aliphatic heterocycles. The molecule has 1 saturated carbocycles. The average molecular weight is 208 g/mol. The second-order valence-corrected chi connectivity index (χ2v) is 3.83. The maximum absolute atomic E-state index is 12.7. The van der Waals surface area contributed by atoms with E-state index in [1.165, 1.54) is 18.2 Å². The quantitative estimate of drug-likeness (QED) is 0.769. The first kappa shape index (κ1) is 10.1. The number of carbonyl (C=O) groups excluding carboxylic acids is 1. The summed E-state index contributed by atoms with van der Waals surface area (Å²) in [6.45, 7) is 2.09. The molecule has 1 fully saturated rings. The number of hydrogen-bond acceptors (Lipinski definition) is 2.